The number of pyridine rings is 1. The highest BCUT2D eigenvalue weighted by Gasteiger charge is 2.21. The number of aromatic nitrogens is 1. The zero-order valence-corrected chi connectivity index (χ0v) is 11.8. The number of carboxylic acid groups (broad SMARTS) is 1. The predicted octanol–water partition coefficient (Wildman–Crippen LogP) is 3.33. The van der Waals surface area contributed by atoms with E-state index in [0.717, 1.165) is 12.3 Å². The summed E-state index contributed by atoms with van der Waals surface area (Å²) in [5.74, 6) is -1.80. The van der Waals surface area contributed by atoms with Crippen LogP contribution in [0, 0.1) is 15.9 Å². The van der Waals surface area contributed by atoms with Crippen molar-refractivity contribution in [3.05, 3.63) is 56.4 Å². The highest BCUT2D eigenvalue weighted by atomic mass is 79.9. The van der Waals surface area contributed by atoms with Crippen molar-refractivity contribution in [1.29, 1.82) is 0 Å². The first-order valence-corrected chi connectivity index (χ1v) is 6.27. The van der Waals surface area contributed by atoms with E-state index >= 15 is 0 Å². The van der Waals surface area contributed by atoms with Gasteiger partial charge < -0.3 is 10.4 Å². The minimum absolute atomic E-state index is 0.0940. The predicted molar refractivity (Wildman–Crippen MR) is 75.2 cm³/mol. The van der Waals surface area contributed by atoms with E-state index in [2.05, 4.69) is 26.2 Å². The van der Waals surface area contributed by atoms with E-state index in [1.54, 1.807) is 0 Å². The molecule has 1 aromatic heterocycles. The minimum atomic E-state index is -1.44. The molecule has 2 aromatic rings. The molecule has 0 spiro atoms. The monoisotopic (exact) mass is 355 g/mol. The Bertz CT molecular complexity index is 738. The molecule has 0 aliphatic heterocycles. The van der Waals surface area contributed by atoms with Crippen LogP contribution in [0.4, 0.5) is 21.6 Å². The molecule has 0 atom stereocenters. The Hall–Kier alpha value is -2.55. The van der Waals surface area contributed by atoms with E-state index in [-0.39, 0.29) is 10.3 Å². The first kappa shape index (κ1) is 14.9. The number of rotatable bonds is 4. The van der Waals surface area contributed by atoms with Crippen LogP contribution in [0.5, 0.6) is 0 Å². The number of hydrogen-bond donors (Lipinski definition) is 2. The maximum atomic E-state index is 13.1. The summed E-state index contributed by atoms with van der Waals surface area (Å²) < 4.78 is 13.3. The van der Waals surface area contributed by atoms with Crippen LogP contribution in [0.2, 0.25) is 0 Å². The quantitative estimate of drug-likeness (QED) is 0.643. The zero-order chi connectivity index (χ0) is 15.6. The molecule has 0 fully saturated rings. The number of nitrogens with one attached hydrogen (secondary N) is 1. The Morgan fingerprint density at radius 2 is 2.14 bits per heavy atom. The molecule has 0 amide bonds. The van der Waals surface area contributed by atoms with Gasteiger partial charge in [0.25, 0.3) is 0 Å². The fourth-order valence-electron chi connectivity index (χ4n) is 1.56. The second-order valence-corrected chi connectivity index (χ2v) is 4.76. The minimum Gasteiger partial charge on any atom is -0.477 e. The molecule has 9 heteroatoms. The lowest BCUT2D eigenvalue weighted by Gasteiger charge is -2.07. The van der Waals surface area contributed by atoms with E-state index < -0.39 is 28.0 Å². The fraction of sp³-hybridized carbons (Fsp3) is 0. The second-order valence-electron chi connectivity index (χ2n) is 3.90. The van der Waals surface area contributed by atoms with Crippen molar-refractivity contribution >= 4 is 39.1 Å². The van der Waals surface area contributed by atoms with Crippen LogP contribution in [0.25, 0.3) is 0 Å². The molecular weight excluding hydrogens is 349 g/mol. The van der Waals surface area contributed by atoms with Crippen molar-refractivity contribution in [1.82, 2.24) is 4.98 Å². The third kappa shape index (κ3) is 3.31. The fourth-order valence-corrected chi connectivity index (χ4v) is 1.93. The molecule has 1 heterocycles. The summed E-state index contributed by atoms with van der Waals surface area (Å²) in [5, 5.41) is 22.4. The lowest BCUT2D eigenvalue weighted by atomic mass is 10.2. The summed E-state index contributed by atoms with van der Waals surface area (Å²) in [4.78, 5) is 24.7. The molecule has 0 aliphatic carbocycles. The molecule has 108 valence electrons. The number of nitrogens with zero attached hydrogens (tertiary/aromatic N) is 2. The lowest BCUT2D eigenvalue weighted by Crippen LogP contribution is -2.05. The van der Waals surface area contributed by atoms with Gasteiger partial charge in [0.15, 0.2) is 0 Å². The zero-order valence-electron chi connectivity index (χ0n) is 10.2. The summed E-state index contributed by atoms with van der Waals surface area (Å²) >= 11 is 3.01. The molecule has 0 bridgehead atoms. The van der Waals surface area contributed by atoms with Gasteiger partial charge in [-0.25, -0.2) is 14.2 Å². The van der Waals surface area contributed by atoms with Crippen molar-refractivity contribution < 1.29 is 19.2 Å². The Morgan fingerprint density at radius 1 is 1.43 bits per heavy atom. The average Bonchev–Trinajstić information content (AvgIpc) is 2.42. The van der Waals surface area contributed by atoms with Gasteiger partial charge >= 0.3 is 11.7 Å². The topological polar surface area (TPSA) is 105 Å². The van der Waals surface area contributed by atoms with Crippen molar-refractivity contribution in [2.75, 3.05) is 5.32 Å². The van der Waals surface area contributed by atoms with Gasteiger partial charge in [0.05, 0.1) is 9.40 Å². The summed E-state index contributed by atoms with van der Waals surface area (Å²) in [7, 11) is 0. The summed E-state index contributed by atoms with van der Waals surface area (Å²) in [6.07, 6.45) is 0.852. The Kier molecular flexibility index (Phi) is 4.13. The molecule has 2 N–H and O–H groups in total. The number of anilines is 2. The second kappa shape index (κ2) is 5.83. The van der Waals surface area contributed by atoms with E-state index in [1.807, 2.05) is 0 Å². The van der Waals surface area contributed by atoms with Gasteiger partial charge in [0.2, 0.25) is 0 Å². The van der Waals surface area contributed by atoms with Crippen molar-refractivity contribution in [2.24, 2.45) is 0 Å². The Balaban J connectivity index is 2.36. The van der Waals surface area contributed by atoms with Crippen LogP contribution in [0.3, 0.4) is 0 Å². The first-order chi connectivity index (χ1) is 9.88. The highest BCUT2D eigenvalue weighted by Crippen LogP contribution is 2.25. The molecule has 0 unspecified atom stereocenters. The normalized spacial score (nSPS) is 10.2. The van der Waals surface area contributed by atoms with E-state index in [4.69, 9.17) is 5.11 Å². The molecule has 7 nitrogen and oxygen atoms in total. The molecule has 21 heavy (non-hydrogen) atoms. The summed E-state index contributed by atoms with van der Waals surface area (Å²) in [6, 6.07) is 5.09. The number of aromatic carboxylic acids is 1. The summed E-state index contributed by atoms with van der Waals surface area (Å²) in [5.41, 5.74) is -0.645. The Morgan fingerprint density at radius 3 is 2.71 bits per heavy atom. The molecule has 0 saturated heterocycles. The number of hydrogen-bond acceptors (Lipinski definition) is 5. The van der Waals surface area contributed by atoms with Gasteiger partial charge in [-0.1, -0.05) is 0 Å². The number of carboxylic acids is 1. The number of benzene rings is 1. The van der Waals surface area contributed by atoms with Crippen molar-refractivity contribution in [3.8, 4) is 0 Å². The largest absolute Gasteiger partial charge is 0.477 e. The van der Waals surface area contributed by atoms with E-state index in [9.17, 15) is 19.3 Å². The van der Waals surface area contributed by atoms with Crippen LogP contribution in [-0.4, -0.2) is 21.0 Å². The maximum Gasteiger partial charge on any atom is 0.342 e. The van der Waals surface area contributed by atoms with E-state index in [1.165, 1.54) is 18.2 Å². The third-order valence-electron chi connectivity index (χ3n) is 2.50. The van der Waals surface area contributed by atoms with Crippen LogP contribution in [0.15, 0.2) is 34.9 Å². The molecule has 2 rings (SSSR count). The van der Waals surface area contributed by atoms with Gasteiger partial charge in [0.1, 0.15) is 23.4 Å². The number of halogens is 2. The molecule has 0 radical (unpaired) electrons. The lowest BCUT2D eigenvalue weighted by molar-refractivity contribution is -0.385. The van der Waals surface area contributed by atoms with Gasteiger partial charge in [-0.2, -0.15) is 0 Å². The maximum absolute atomic E-state index is 13.1. The number of carbonyl (C=O) groups is 1. The third-order valence-corrected chi connectivity index (χ3v) is 3.11. The molecular formula is C12H7BrFN3O4. The molecule has 0 aliphatic rings. The van der Waals surface area contributed by atoms with Crippen LogP contribution >= 0.6 is 15.9 Å². The molecule has 0 saturated carbocycles. The number of nitro groups is 1. The van der Waals surface area contributed by atoms with Crippen LogP contribution < -0.4 is 5.32 Å². The smallest absolute Gasteiger partial charge is 0.342 e. The van der Waals surface area contributed by atoms with Crippen LogP contribution in [-0.2, 0) is 0 Å². The Labute approximate surface area is 125 Å². The van der Waals surface area contributed by atoms with Gasteiger partial charge in [-0.3, -0.25) is 10.1 Å². The summed E-state index contributed by atoms with van der Waals surface area (Å²) in [6.45, 7) is 0. The van der Waals surface area contributed by atoms with Gasteiger partial charge in [-0.15, -0.1) is 0 Å². The van der Waals surface area contributed by atoms with Crippen LogP contribution in [0.1, 0.15) is 10.4 Å². The average molecular weight is 356 g/mol. The SMILES string of the molecule is O=C(O)c1cc(Nc2ccc(F)c(Br)c2)ncc1[N+](=O)[O-]. The standard InChI is InChI=1S/C12H7BrFN3O4/c13-8-3-6(1-2-9(8)14)16-11-4-7(12(18)19)10(5-15-11)17(20)21/h1-5H,(H,15,16)(H,18,19). The van der Waals surface area contributed by atoms with Gasteiger partial charge in [0, 0.05) is 11.8 Å². The first-order valence-electron chi connectivity index (χ1n) is 5.48. The van der Waals surface area contributed by atoms with Crippen molar-refractivity contribution in [2.45, 2.75) is 0 Å². The van der Waals surface area contributed by atoms with E-state index in [0.29, 0.717) is 5.69 Å². The van der Waals surface area contributed by atoms with Gasteiger partial charge in [-0.05, 0) is 34.1 Å². The molecule has 1 aromatic carbocycles. The van der Waals surface area contributed by atoms with Crippen molar-refractivity contribution in [3.63, 3.8) is 0 Å². The highest BCUT2D eigenvalue weighted by molar-refractivity contribution is 9.10.